The van der Waals surface area contributed by atoms with Crippen molar-refractivity contribution in [2.45, 2.75) is 39.7 Å². The van der Waals surface area contributed by atoms with Gasteiger partial charge in [-0.1, -0.05) is 0 Å². The van der Waals surface area contributed by atoms with Crippen molar-refractivity contribution in [3.63, 3.8) is 0 Å². The van der Waals surface area contributed by atoms with E-state index in [1.54, 1.807) is 12.3 Å². The third kappa shape index (κ3) is 4.79. The zero-order valence-corrected chi connectivity index (χ0v) is 11.4. The van der Waals surface area contributed by atoms with Gasteiger partial charge in [-0.05, 0) is 33.8 Å². The SMILES string of the molecule is Cc1nccc(CC(CN)C(=O)OC(C)(C)C)n1. The maximum absolute atomic E-state index is 11.9. The largest absolute Gasteiger partial charge is 0.460 e. The van der Waals surface area contributed by atoms with E-state index in [1.807, 2.05) is 27.7 Å². The molecular formula is C13H21N3O2. The highest BCUT2D eigenvalue weighted by Crippen LogP contribution is 2.14. The number of aromatic nitrogens is 2. The standard InChI is InChI=1S/C13H21N3O2/c1-9-15-6-5-11(16-9)7-10(8-14)12(17)18-13(2,3)4/h5-6,10H,7-8,14H2,1-4H3. The van der Waals surface area contributed by atoms with Gasteiger partial charge in [0, 0.05) is 24.9 Å². The molecule has 0 aliphatic heterocycles. The molecule has 0 amide bonds. The van der Waals surface area contributed by atoms with Crippen molar-refractivity contribution in [3.05, 3.63) is 23.8 Å². The molecule has 0 bridgehead atoms. The zero-order valence-electron chi connectivity index (χ0n) is 11.4. The Morgan fingerprint density at radius 2 is 2.17 bits per heavy atom. The molecule has 0 aliphatic carbocycles. The van der Waals surface area contributed by atoms with Crippen molar-refractivity contribution in [1.82, 2.24) is 9.97 Å². The number of hydrogen-bond donors (Lipinski definition) is 1. The van der Waals surface area contributed by atoms with Crippen molar-refractivity contribution in [2.75, 3.05) is 6.54 Å². The van der Waals surface area contributed by atoms with Gasteiger partial charge >= 0.3 is 5.97 Å². The van der Waals surface area contributed by atoms with Crippen LogP contribution < -0.4 is 5.73 Å². The highest BCUT2D eigenvalue weighted by atomic mass is 16.6. The Labute approximate surface area is 108 Å². The predicted octanol–water partition coefficient (Wildman–Crippen LogP) is 1.24. The summed E-state index contributed by atoms with van der Waals surface area (Å²) in [5.41, 5.74) is 5.95. The van der Waals surface area contributed by atoms with Gasteiger partial charge in [-0.2, -0.15) is 0 Å². The van der Waals surface area contributed by atoms with Crippen LogP contribution in [0.3, 0.4) is 0 Å². The molecule has 1 aromatic rings. The Kier molecular flexibility index (Phi) is 4.78. The summed E-state index contributed by atoms with van der Waals surface area (Å²) in [6, 6.07) is 1.79. The lowest BCUT2D eigenvalue weighted by Gasteiger charge is -2.23. The minimum absolute atomic E-state index is 0.248. The molecule has 1 aromatic heterocycles. The Morgan fingerprint density at radius 1 is 1.50 bits per heavy atom. The summed E-state index contributed by atoms with van der Waals surface area (Å²) in [5, 5.41) is 0. The summed E-state index contributed by atoms with van der Waals surface area (Å²) in [5.74, 6) is 0.0484. The van der Waals surface area contributed by atoms with Crippen molar-refractivity contribution >= 4 is 5.97 Å². The summed E-state index contributed by atoms with van der Waals surface area (Å²) >= 11 is 0. The predicted molar refractivity (Wildman–Crippen MR) is 68.9 cm³/mol. The van der Waals surface area contributed by atoms with Gasteiger partial charge in [0.15, 0.2) is 0 Å². The zero-order chi connectivity index (χ0) is 13.8. The summed E-state index contributed by atoms with van der Waals surface area (Å²) in [6.45, 7) is 7.58. The normalized spacial score (nSPS) is 13.2. The van der Waals surface area contributed by atoms with Crippen LogP contribution in [0.25, 0.3) is 0 Å². The number of carbonyl (C=O) groups is 1. The van der Waals surface area contributed by atoms with Crippen LogP contribution in [0.5, 0.6) is 0 Å². The first-order valence-electron chi connectivity index (χ1n) is 6.03. The number of ether oxygens (including phenoxy) is 1. The molecule has 1 heterocycles. The number of hydrogen-bond acceptors (Lipinski definition) is 5. The van der Waals surface area contributed by atoms with Crippen LogP contribution in [-0.4, -0.2) is 28.1 Å². The summed E-state index contributed by atoms with van der Waals surface area (Å²) in [7, 11) is 0. The second kappa shape index (κ2) is 5.91. The topological polar surface area (TPSA) is 78.1 Å². The maximum atomic E-state index is 11.9. The molecule has 18 heavy (non-hydrogen) atoms. The number of esters is 1. The average molecular weight is 251 g/mol. The van der Waals surface area contributed by atoms with Crippen molar-refractivity contribution in [3.8, 4) is 0 Å². The van der Waals surface area contributed by atoms with E-state index >= 15 is 0 Å². The Morgan fingerprint density at radius 3 is 2.67 bits per heavy atom. The van der Waals surface area contributed by atoms with E-state index in [1.165, 1.54) is 0 Å². The fourth-order valence-corrected chi connectivity index (χ4v) is 1.52. The van der Waals surface area contributed by atoms with Gasteiger partial charge in [0.2, 0.25) is 0 Å². The van der Waals surface area contributed by atoms with E-state index in [0.29, 0.717) is 12.2 Å². The molecule has 5 nitrogen and oxygen atoms in total. The van der Waals surface area contributed by atoms with Gasteiger partial charge in [0.05, 0.1) is 5.92 Å². The van der Waals surface area contributed by atoms with Crippen LogP contribution in [0.2, 0.25) is 0 Å². The molecule has 100 valence electrons. The molecule has 0 aliphatic rings. The first-order valence-corrected chi connectivity index (χ1v) is 6.03. The van der Waals surface area contributed by atoms with E-state index in [2.05, 4.69) is 9.97 Å². The second-order valence-corrected chi connectivity index (χ2v) is 5.27. The monoisotopic (exact) mass is 251 g/mol. The van der Waals surface area contributed by atoms with E-state index < -0.39 is 5.60 Å². The van der Waals surface area contributed by atoms with Crippen LogP contribution in [0, 0.1) is 12.8 Å². The quantitative estimate of drug-likeness (QED) is 0.815. The molecule has 0 saturated heterocycles. The summed E-state index contributed by atoms with van der Waals surface area (Å²) in [6.07, 6.45) is 2.16. The molecule has 0 saturated carbocycles. The highest BCUT2D eigenvalue weighted by Gasteiger charge is 2.24. The van der Waals surface area contributed by atoms with Crippen molar-refractivity contribution in [1.29, 1.82) is 0 Å². The third-order valence-electron chi connectivity index (χ3n) is 2.31. The first kappa shape index (κ1) is 14.6. The fraction of sp³-hybridized carbons (Fsp3) is 0.615. The number of nitrogens with two attached hydrogens (primary N) is 1. The highest BCUT2D eigenvalue weighted by molar-refractivity contribution is 5.73. The summed E-state index contributed by atoms with van der Waals surface area (Å²) in [4.78, 5) is 20.2. The molecule has 0 aromatic carbocycles. The van der Waals surface area contributed by atoms with E-state index in [9.17, 15) is 4.79 Å². The molecule has 5 heteroatoms. The number of carbonyl (C=O) groups excluding carboxylic acids is 1. The average Bonchev–Trinajstić information content (AvgIpc) is 2.23. The molecule has 1 atom stereocenters. The van der Waals surface area contributed by atoms with Crippen molar-refractivity contribution in [2.24, 2.45) is 11.7 Å². The van der Waals surface area contributed by atoms with E-state index in [-0.39, 0.29) is 18.4 Å². The number of nitrogens with zero attached hydrogens (tertiary/aromatic N) is 2. The minimum Gasteiger partial charge on any atom is -0.460 e. The molecule has 1 rings (SSSR count). The number of rotatable bonds is 4. The van der Waals surface area contributed by atoms with Crippen LogP contribution in [0.15, 0.2) is 12.3 Å². The molecular weight excluding hydrogens is 230 g/mol. The molecule has 1 unspecified atom stereocenters. The Bertz CT molecular complexity index is 413. The van der Waals surface area contributed by atoms with Crippen LogP contribution in [0.4, 0.5) is 0 Å². The number of aryl methyl sites for hydroxylation is 1. The molecule has 0 spiro atoms. The molecule has 0 radical (unpaired) electrons. The third-order valence-corrected chi connectivity index (χ3v) is 2.31. The van der Waals surface area contributed by atoms with Crippen LogP contribution in [-0.2, 0) is 16.0 Å². The second-order valence-electron chi connectivity index (χ2n) is 5.27. The smallest absolute Gasteiger partial charge is 0.311 e. The Hall–Kier alpha value is -1.49. The van der Waals surface area contributed by atoms with E-state index in [4.69, 9.17) is 10.5 Å². The van der Waals surface area contributed by atoms with Gasteiger partial charge < -0.3 is 10.5 Å². The van der Waals surface area contributed by atoms with E-state index in [0.717, 1.165) is 5.69 Å². The van der Waals surface area contributed by atoms with Crippen LogP contribution in [0.1, 0.15) is 32.3 Å². The lowest BCUT2D eigenvalue weighted by Crippen LogP contribution is -2.33. The minimum atomic E-state index is -0.494. The molecule has 0 fully saturated rings. The maximum Gasteiger partial charge on any atom is 0.311 e. The Balaban J connectivity index is 2.70. The summed E-state index contributed by atoms with van der Waals surface area (Å²) < 4.78 is 5.33. The van der Waals surface area contributed by atoms with Gasteiger partial charge in [-0.15, -0.1) is 0 Å². The van der Waals surface area contributed by atoms with Gasteiger partial charge in [-0.3, -0.25) is 4.79 Å². The molecule has 2 N–H and O–H groups in total. The fourth-order valence-electron chi connectivity index (χ4n) is 1.52. The van der Waals surface area contributed by atoms with Crippen LogP contribution >= 0.6 is 0 Å². The lowest BCUT2D eigenvalue weighted by atomic mass is 10.0. The van der Waals surface area contributed by atoms with Crippen molar-refractivity contribution < 1.29 is 9.53 Å². The van der Waals surface area contributed by atoms with Gasteiger partial charge in [-0.25, -0.2) is 9.97 Å². The van der Waals surface area contributed by atoms with Gasteiger partial charge in [0.1, 0.15) is 11.4 Å². The lowest BCUT2D eigenvalue weighted by molar-refractivity contribution is -0.159. The van der Waals surface area contributed by atoms with Gasteiger partial charge in [0.25, 0.3) is 0 Å². The first-order chi connectivity index (χ1) is 8.31.